The molecule has 2 amide bonds. The third-order valence-electron chi connectivity index (χ3n) is 6.64. The van der Waals surface area contributed by atoms with Crippen molar-refractivity contribution in [3.8, 4) is 23.0 Å². The van der Waals surface area contributed by atoms with E-state index in [1.807, 2.05) is 12.1 Å². The third-order valence-corrected chi connectivity index (χ3v) is 6.95. The molecule has 2 aromatic carbocycles. The highest BCUT2D eigenvalue weighted by molar-refractivity contribution is 6.33. The van der Waals surface area contributed by atoms with Crippen LogP contribution in [0.2, 0.25) is 5.02 Å². The Balaban J connectivity index is 1.40. The Hall–Kier alpha value is -3.23. The summed E-state index contributed by atoms with van der Waals surface area (Å²) in [5, 5.41) is 6.82. The Labute approximate surface area is 236 Å². The van der Waals surface area contributed by atoms with Gasteiger partial charge in [0.15, 0.2) is 11.5 Å². The highest BCUT2D eigenvalue weighted by Crippen LogP contribution is 2.38. The van der Waals surface area contributed by atoms with E-state index in [-0.39, 0.29) is 11.4 Å². The molecular formula is C30H39ClN4O4. The SMILES string of the molecule is COc1cc2c(Oc3ccc(NC(=O)NCCC(C)(C)C)c(Cl)c3)ccnc2cc1OCCCN1CCCC1. The molecule has 1 saturated heterocycles. The number of nitrogens with zero attached hydrogens (tertiary/aromatic N) is 2. The van der Waals surface area contributed by atoms with Crippen LogP contribution >= 0.6 is 11.6 Å². The smallest absolute Gasteiger partial charge is 0.319 e. The summed E-state index contributed by atoms with van der Waals surface area (Å²) in [5.41, 5.74) is 1.39. The number of fused-ring (bicyclic) bond motifs is 1. The van der Waals surface area contributed by atoms with Crippen LogP contribution in [-0.4, -0.2) is 55.8 Å². The number of ether oxygens (including phenoxy) is 3. The van der Waals surface area contributed by atoms with E-state index in [2.05, 4.69) is 41.3 Å². The van der Waals surface area contributed by atoms with Gasteiger partial charge in [0.25, 0.3) is 0 Å². The van der Waals surface area contributed by atoms with Crippen LogP contribution in [0.1, 0.15) is 46.5 Å². The molecule has 8 nitrogen and oxygen atoms in total. The highest BCUT2D eigenvalue weighted by atomic mass is 35.5. The largest absolute Gasteiger partial charge is 0.493 e. The number of amides is 2. The molecular weight excluding hydrogens is 516 g/mol. The fourth-order valence-corrected chi connectivity index (χ4v) is 4.69. The molecule has 0 radical (unpaired) electrons. The zero-order valence-corrected chi connectivity index (χ0v) is 24.1. The van der Waals surface area contributed by atoms with Crippen LogP contribution in [0.15, 0.2) is 42.6 Å². The van der Waals surface area contributed by atoms with Gasteiger partial charge in [-0.05, 0) is 68.5 Å². The normalized spacial score (nSPS) is 13.9. The average Bonchev–Trinajstić information content (AvgIpc) is 3.41. The first-order valence-corrected chi connectivity index (χ1v) is 13.9. The zero-order chi connectivity index (χ0) is 27.8. The summed E-state index contributed by atoms with van der Waals surface area (Å²) in [6.07, 6.45) is 6.11. The molecule has 4 rings (SSSR count). The lowest BCUT2D eigenvalue weighted by Gasteiger charge is -2.18. The van der Waals surface area contributed by atoms with Crippen molar-refractivity contribution in [1.82, 2.24) is 15.2 Å². The average molecular weight is 555 g/mol. The van der Waals surface area contributed by atoms with Gasteiger partial charge in [0.1, 0.15) is 11.5 Å². The van der Waals surface area contributed by atoms with Crippen molar-refractivity contribution < 1.29 is 19.0 Å². The highest BCUT2D eigenvalue weighted by Gasteiger charge is 2.15. The number of pyridine rings is 1. The van der Waals surface area contributed by atoms with E-state index in [0.717, 1.165) is 30.3 Å². The lowest BCUT2D eigenvalue weighted by molar-refractivity contribution is 0.250. The molecule has 0 aliphatic carbocycles. The summed E-state index contributed by atoms with van der Waals surface area (Å²) in [6.45, 7) is 11.0. The van der Waals surface area contributed by atoms with Crippen LogP contribution in [0.5, 0.6) is 23.0 Å². The quantitative estimate of drug-likeness (QED) is 0.246. The number of hydrogen-bond donors (Lipinski definition) is 2. The molecule has 0 bridgehead atoms. The van der Waals surface area contributed by atoms with Gasteiger partial charge in [0.2, 0.25) is 0 Å². The predicted octanol–water partition coefficient (Wildman–Crippen LogP) is 7.11. The second-order valence-electron chi connectivity index (χ2n) is 11.0. The fourth-order valence-electron chi connectivity index (χ4n) is 4.47. The molecule has 0 spiro atoms. The Morgan fingerprint density at radius 2 is 1.87 bits per heavy atom. The van der Waals surface area contributed by atoms with Crippen molar-refractivity contribution >= 4 is 34.2 Å². The second kappa shape index (κ2) is 13.2. The molecule has 0 atom stereocenters. The van der Waals surface area contributed by atoms with E-state index in [9.17, 15) is 4.79 Å². The first-order valence-electron chi connectivity index (χ1n) is 13.6. The standard InChI is InChI=1S/C30H39ClN4O4/c1-30(2,3)11-13-33-29(36)34-24-9-8-21(18-23(24)31)39-26-10-12-32-25-20-28(27(37-4)19-22(25)26)38-17-7-16-35-14-5-6-15-35/h8-10,12,18-20H,5-7,11,13-17H2,1-4H3,(H2,33,34,36). The molecule has 2 heterocycles. The number of carbonyl (C=O) groups excluding carboxylic acids is 1. The molecule has 0 saturated carbocycles. The van der Waals surface area contributed by atoms with Gasteiger partial charge in [-0.15, -0.1) is 0 Å². The predicted molar refractivity (Wildman–Crippen MR) is 157 cm³/mol. The van der Waals surface area contributed by atoms with Gasteiger partial charge in [-0.25, -0.2) is 4.79 Å². The Morgan fingerprint density at radius 1 is 1.08 bits per heavy atom. The van der Waals surface area contributed by atoms with Crippen molar-refractivity contribution in [3.05, 3.63) is 47.6 Å². The number of nitrogens with one attached hydrogen (secondary N) is 2. The maximum atomic E-state index is 12.3. The lowest BCUT2D eigenvalue weighted by atomic mass is 9.92. The molecule has 1 fully saturated rings. The molecule has 1 aromatic heterocycles. The van der Waals surface area contributed by atoms with Gasteiger partial charge in [0.05, 0.1) is 29.9 Å². The Bertz CT molecular complexity index is 1270. The third kappa shape index (κ3) is 8.38. The van der Waals surface area contributed by atoms with Gasteiger partial charge < -0.3 is 29.7 Å². The van der Waals surface area contributed by atoms with Gasteiger partial charge in [-0.1, -0.05) is 32.4 Å². The van der Waals surface area contributed by atoms with E-state index < -0.39 is 0 Å². The van der Waals surface area contributed by atoms with Gasteiger partial charge in [-0.3, -0.25) is 4.98 Å². The van der Waals surface area contributed by atoms with Crippen molar-refractivity contribution in [2.45, 2.75) is 46.5 Å². The van der Waals surface area contributed by atoms with Crippen LogP contribution in [-0.2, 0) is 0 Å². The summed E-state index contributed by atoms with van der Waals surface area (Å²) in [6, 6.07) is 10.4. The summed E-state index contributed by atoms with van der Waals surface area (Å²) in [7, 11) is 1.62. The maximum Gasteiger partial charge on any atom is 0.319 e. The monoisotopic (exact) mass is 554 g/mol. The Morgan fingerprint density at radius 3 is 2.59 bits per heavy atom. The van der Waals surface area contributed by atoms with Crippen LogP contribution in [0.4, 0.5) is 10.5 Å². The van der Waals surface area contributed by atoms with Crippen molar-refractivity contribution in [3.63, 3.8) is 0 Å². The molecule has 3 aromatic rings. The first kappa shape index (κ1) is 28.8. The second-order valence-corrected chi connectivity index (χ2v) is 11.4. The number of methoxy groups -OCH3 is 1. The molecule has 1 aliphatic heterocycles. The molecule has 39 heavy (non-hydrogen) atoms. The number of carbonyl (C=O) groups is 1. The molecule has 1 aliphatic rings. The number of likely N-dealkylation sites (tertiary alicyclic amines) is 1. The van der Waals surface area contributed by atoms with Gasteiger partial charge >= 0.3 is 6.03 Å². The molecule has 0 unspecified atom stereocenters. The van der Waals surface area contributed by atoms with Crippen LogP contribution in [0.3, 0.4) is 0 Å². The minimum absolute atomic E-state index is 0.146. The summed E-state index contributed by atoms with van der Waals surface area (Å²) in [4.78, 5) is 19.2. The first-order chi connectivity index (χ1) is 18.7. The fraction of sp³-hybridized carbons (Fsp3) is 0.467. The lowest BCUT2D eigenvalue weighted by Crippen LogP contribution is -2.31. The van der Waals surface area contributed by atoms with Crippen LogP contribution in [0.25, 0.3) is 10.9 Å². The minimum atomic E-state index is -0.295. The van der Waals surface area contributed by atoms with Crippen molar-refractivity contribution in [1.29, 1.82) is 0 Å². The van der Waals surface area contributed by atoms with Gasteiger partial charge in [-0.2, -0.15) is 0 Å². The number of anilines is 1. The molecule has 9 heteroatoms. The van der Waals surface area contributed by atoms with Crippen molar-refractivity contribution in [2.24, 2.45) is 5.41 Å². The number of urea groups is 1. The van der Waals surface area contributed by atoms with E-state index in [1.54, 1.807) is 37.6 Å². The summed E-state index contributed by atoms with van der Waals surface area (Å²) in [5.74, 6) is 2.43. The van der Waals surface area contributed by atoms with E-state index in [0.29, 0.717) is 46.9 Å². The number of aromatic nitrogens is 1. The minimum Gasteiger partial charge on any atom is -0.493 e. The number of hydrogen-bond acceptors (Lipinski definition) is 6. The number of halogens is 1. The van der Waals surface area contributed by atoms with Crippen LogP contribution < -0.4 is 24.8 Å². The maximum absolute atomic E-state index is 12.3. The van der Waals surface area contributed by atoms with Crippen molar-refractivity contribution in [2.75, 3.05) is 45.2 Å². The number of benzene rings is 2. The van der Waals surface area contributed by atoms with Crippen LogP contribution in [0, 0.1) is 5.41 Å². The van der Waals surface area contributed by atoms with E-state index in [4.69, 9.17) is 25.8 Å². The zero-order valence-electron chi connectivity index (χ0n) is 23.3. The van der Waals surface area contributed by atoms with E-state index in [1.165, 1.54) is 25.9 Å². The molecule has 210 valence electrons. The topological polar surface area (TPSA) is 85.0 Å². The molecule has 2 N–H and O–H groups in total. The summed E-state index contributed by atoms with van der Waals surface area (Å²) < 4.78 is 17.9. The number of rotatable bonds is 11. The summed E-state index contributed by atoms with van der Waals surface area (Å²) >= 11 is 6.46. The van der Waals surface area contributed by atoms with Gasteiger partial charge in [0, 0.05) is 36.8 Å². The van der Waals surface area contributed by atoms with E-state index >= 15 is 0 Å². The Kier molecular flexibility index (Phi) is 9.75.